The number of carbonyl (C=O) groups is 1. The smallest absolute Gasteiger partial charge is 0.226 e. The molecule has 1 heterocycles. The second-order valence-electron chi connectivity index (χ2n) is 4.38. The molecule has 0 aromatic heterocycles. The lowest BCUT2D eigenvalue weighted by atomic mass is 9.78. The van der Waals surface area contributed by atoms with Crippen LogP contribution in [0.5, 0.6) is 0 Å². The average molecular weight is 179 g/mol. The number of hydrogen-bond donors (Lipinski definition) is 1. The Morgan fingerprint density at radius 2 is 2.23 bits per heavy atom. The van der Waals surface area contributed by atoms with Crippen LogP contribution < -0.4 is 5.32 Å². The topological polar surface area (TPSA) is 29.1 Å². The van der Waals surface area contributed by atoms with Gasteiger partial charge in [0.1, 0.15) is 0 Å². The molecular formula is C11H17NO. The highest BCUT2D eigenvalue weighted by molar-refractivity contribution is 5.84. The molecule has 0 aromatic carbocycles. The monoisotopic (exact) mass is 179 g/mol. The lowest BCUT2D eigenvalue weighted by Crippen LogP contribution is -2.30. The fourth-order valence-corrected chi connectivity index (χ4v) is 2.45. The minimum atomic E-state index is -0.00569. The second kappa shape index (κ2) is 3.17. The molecule has 2 aliphatic rings. The van der Waals surface area contributed by atoms with Crippen LogP contribution in [0.25, 0.3) is 0 Å². The van der Waals surface area contributed by atoms with Crippen molar-refractivity contribution in [1.82, 2.24) is 5.32 Å². The molecule has 0 radical (unpaired) electrons. The van der Waals surface area contributed by atoms with Crippen LogP contribution in [0.3, 0.4) is 0 Å². The molecule has 2 rings (SSSR count). The molecule has 2 nitrogen and oxygen atoms in total. The van der Waals surface area contributed by atoms with Crippen molar-refractivity contribution in [2.75, 3.05) is 6.54 Å². The third kappa shape index (κ3) is 1.50. The standard InChI is InChI=1S/C11H17NO/c1-9-3-2-5-11(6-4-9)7-8-12-10(11)13/h3H,2,4-8H2,1H3,(H,12,13). The first-order chi connectivity index (χ1) is 6.23. The lowest BCUT2D eigenvalue weighted by Gasteiger charge is -2.23. The van der Waals surface area contributed by atoms with E-state index in [-0.39, 0.29) is 5.41 Å². The minimum Gasteiger partial charge on any atom is -0.356 e. The van der Waals surface area contributed by atoms with Gasteiger partial charge in [0.25, 0.3) is 0 Å². The van der Waals surface area contributed by atoms with Gasteiger partial charge < -0.3 is 5.32 Å². The fourth-order valence-electron chi connectivity index (χ4n) is 2.45. The van der Waals surface area contributed by atoms with Gasteiger partial charge in [-0.15, -0.1) is 0 Å². The molecule has 1 amide bonds. The van der Waals surface area contributed by atoms with Crippen LogP contribution >= 0.6 is 0 Å². The van der Waals surface area contributed by atoms with Crippen molar-refractivity contribution in [2.24, 2.45) is 5.41 Å². The second-order valence-corrected chi connectivity index (χ2v) is 4.38. The molecule has 13 heavy (non-hydrogen) atoms. The van der Waals surface area contributed by atoms with Crippen molar-refractivity contribution in [3.63, 3.8) is 0 Å². The highest BCUT2D eigenvalue weighted by Crippen LogP contribution is 2.40. The van der Waals surface area contributed by atoms with Crippen LogP contribution in [0.1, 0.15) is 39.0 Å². The van der Waals surface area contributed by atoms with E-state index in [0.29, 0.717) is 5.91 Å². The highest BCUT2D eigenvalue weighted by atomic mass is 16.2. The SMILES string of the molecule is CC1=CCCC2(CCNC2=O)CC1. The number of allylic oxidation sites excluding steroid dienone is 2. The van der Waals surface area contributed by atoms with Gasteiger partial charge in [-0.25, -0.2) is 0 Å². The van der Waals surface area contributed by atoms with Gasteiger partial charge in [-0.2, -0.15) is 0 Å². The average Bonchev–Trinajstić information content (AvgIpc) is 2.32. The normalized spacial score (nSPS) is 34.2. The summed E-state index contributed by atoms with van der Waals surface area (Å²) in [5.74, 6) is 0.301. The van der Waals surface area contributed by atoms with Gasteiger partial charge in [0.2, 0.25) is 5.91 Å². The zero-order valence-electron chi connectivity index (χ0n) is 8.23. The Kier molecular flexibility index (Phi) is 2.14. The summed E-state index contributed by atoms with van der Waals surface area (Å²) in [5, 5.41) is 2.96. The number of carbonyl (C=O) groups excluding carboxylic acids is 1. The van der Waals surface area contributed by atoms with Gasteiger partial charge in [0, 0.05) is 6.54 Å². The Bertz CT molecular complexity index is 257. The third-order valence-corrected chi connectivity index (χ3v) is 3.48. The Morgan fingerprint density at radius 1 is 1.38 bits per heavy atom. The summed E-state index contributed by atoms with van der Waals surface area (Å²) in [6.45, 7) is 3.06. The van der Waals surface area contributed by atoms with Crippen LogP contribution in [-0.4, -0.2) is 12.5 Å². The summed E-state index contributed by atoms with van der Waals surface area (Å²) in [5.41, 5.74) is 1.45. The summed E-state index contributed by atoms with van der Waals surface area (Å²) in [6, 6.07) is 0. The largest absolute Gasteiger partial charge is 0.356 e. The number of amides is 1. The summed E-state index contributed by atoms with van der Waals surface area (Å²) in [7, 11) is 0. The van der Waals surface area contributed by atoms with E-state index in [0.717, 1.165) is 38.6 Å². The molecule has 1 N–H and O–H groups in total. The molecule has 1 aliphatic carbocycles. The van der Waals surface area contributed by atoms with E-state index in [4.69, 9.17) is 0 Å². The first-order valence-electron chi connectivity index (χ1n) is 5.17. The molecule has 1 saturated heterocycles. The fraction of sp³-hybridized carbons (Fsp3) is 0.727. The minimum absolute atomic E-state index is 0.00569. The van der Waals surface area contributed by atoms with Crippen LogP contribution in [-0.2, 0) is 4.79 Å². The molecule has 1 aliphatic heterocycles. The quantitative estimate of drug-likeness (QED) is 0.566. The molecule has 1 fully saturated rings. The van der Waals surface area contributed by atoms with Crippen LogP contribution in [0.15, 0.2) is 11.6 Å². The molecule has 1 atom stereocenters. The maximum Gasteiger partial charge on any atom is 0.226 e. The maximum atomic E-state index is 11.7. The predicted molar refractivity (Wildman–Crippen MR) is 52.3 cm³/mol. The van der Waals surface area contributed by atoms with E-state index in [9.17, 15) is 4.79 Å². The summed E-state index contributed by atoms with van der Waals surface area (Å²) in [6.07, 6.45) is 7.64. The molecule has 0 aromatic rings. The summed E-state index contributed by atoms with van der Waals surface area (Å²) >= 11 is 0. The molecule has 0 saturated carbocycles. The van der Waals surface area contributed by atoms with Crippen molar-refractivity contribution in [3.8, 4) is 0 Å². The van der Waals surface area contributed by atoms with Crippen molar-refractivity contribution < 1.29 is 4.79 Å². The highest BCUT2D eigenvalue weighted by Gasteiger charge is 2.41. The summed E-state index contributed by atoms with van der Waals surface area (Å²) in [4.78, 5) is 11.7. The lowest BCUT2D eigenvalue weighted by molar-refractivity contribution is -0.128. The maximum absolute atomic E-state index is 11.7. The first kappa shape index (κ1) is 8.79. The molecule has 2 heteroatoms. The zero-order chi connectivity index (χ0) is 9.31. The van der Waals surface area contributed by atoms with Crippen molar-refractivity contribution in [1.29, 1.82) is 0 Å². The van der Waals surface area contributed by atoms with Gasteiger partial charge in [-0.3, -0.25) is 4.79 Å². The molecule has 1 spiro atoms. The van der Waals surface area contributed by atoms with E-state index >= 15 is 0 Å². The first-order valence-corrected chi connectivity index (χ1v) is 5.17. The molecule has 72 valence electrons. The summed E-state index contributed by atoms with van der Waals surface area (Å²) < 4.78 is 0. The van der Waals surface area contributed by atoms with Gasteiger partial charge in [-0.05, 0) is 39.0 Å². The van der Waals surface area contributed by atoms with Crippen LogP contribution in [0, 0.1) is 5.41 Å². The van der Waals surface area contributed by atoms with E-state index in [2.05, 4.69) is 18.3 Å². The number of nitrogens with one attached hydrogen (secondary N) is 1. The number of rotatable bonds is 0. The predicted octanol–water partition coefficient (Wildman–Crippen LogP) is 2.01. The van der Waals surface area contributed by atoms with Gasteiger partial charge in [0.15, 0.2) is 0 Å². The Hall–Kier alpha value is -0.790. The van der Waals surface area contributed by atoms with Gasteiger partial charge in [0.05, 0.1) is 5.41 Å². The van der Waals surface area contributed by atoms with E-state index in [1.165, 1.54) is 5.57 Å². The zero-order valence-corrected chi connectivity index (χ0v) is 8.23. The Morgan fingerprint density at radius 3 is 2.92 bits per heavy atom. The molecule has 1 unspecified atom stereocenters. The van der Waals surface area contributed by atoms with Crippen LogP contribution in [0.4, 0.5) is 0 Å². The van der Waals surface area contributed by atoms with Crippen molar-refractivity contribution in [3.05, 3.63) is 11.6 Å². The Balaban J connectivity index is 2.13. The van der Waals surface area contributed by atoms with Crippen molar-refractivity contribution >= 4 is 5.91 Å². The third-order valence-electron chi connectivity index (χ3n) is 3.48. The van der Waals surface area contributed by atoms with Gasteiger partial charge in [-0.1, -0.05) is 11.6 Å². The molecular weight excluding hydrogens is 162 g/mol. The van der Waals surface area contributed by atoms with Crippen LogP contribution in [0.2, 0.25) is 0 Å². The van der Waals surface area contributed by atoms with E-state index in [1.807, 2.05) is 0 Å². The molecule has 0 bridgehead atoms. The van der Waals surface area contributed by atoms with E-state index in [1.54, 1.807) is 0 Å². The number of hydrogen-bond acceptors (Lipinski definition) is 1. The Labute approximate surface area is 79.4 Å². The van der Waals surface area contributed by atoms with Gasteiger partial charge >= 0.3 is 0 Å². The van der Waals surface area contributed by atoms with E-state index < -0.39 is 0 Å². The van der Waals surface area contributed by atoms with Crippen molar-refractivity contribution in [2.45, 2.75) is 39.0 Å².